The van der Waals surface area contributed by atoms with E-state index in [1.807, 2.05) is 19.2 Å². The Labute approximate surface area is 113 Å². The standard InChI is InChI=1S/C13H19N3OS/c1-16(6-7-17-9-10-2-3-10)11-4-5-15-12(8-11)13(14)18/h4-5,8,10H,2-3,6-7,9H2,1H3,(H2,14,18). The van der Waals surface area contributed by atoms with Crippen LogP contribution in [-0.2, 0) is 4.74 Å². The Morgan fingerprint density at radius 3 is 3.06 bits per heavy atom. The maximum atomic E-state index is 5.62. The summed E-state index contributed by atoms with van der Waals surface area (Å²) in [4.78, 5) is 6.58. The first kappa shape index (κ1) is 13.2. The van der Waals surface area contributed by atoms with E-state index in [1.165, 1.54) is 12.8 Å². The second kappa shape index (κ2) is 6.11. The normalized spacial score (nSPS) is 14.5. The molecule has 0 amide bonds. The van der Waals surface area contributed by atoms with Gasteiger partial charge in [0, 0.05) is 32.1 Å². The van der Waals surface area contributed by atoms with Crippen LogP contribution in [0.2, 0.25) is 0 Å². The first-order chi connectivity index (χ1) is 8.66. The first-order valence-electron chi connectivity index (χ1n) is 6.21. The number of aromatic nitrogens is 1. The highest BCUT2D eigenvalue weighted by Gasteiger charge is 2.20. The van der Waals surface area contributed by atoms with Gasteiger partial charge in [-0.05, 0) is 30.9 Å². The molecule has 5 heteroatoms. The zero-order valence-corrected chi connectivity index (χ0v) is 11.4. The van der Waals surface area contributed by atoms with Gasteiger partial charge in [0.05, 0.1) is 12.3 Å². The van der Waals surface area contributed by atoms with Gasteiger partial charge in [-0.3, -0.25) is 4.98 Å². The van der Waals surface area contributed by atoms with Gasteiger partial charge < -0.3 is 15.4 Å². The highest BCUT2D eigenvalue weighted by Crippen LogP contribution is 2.28. The van der Waals surface area contributed by atoms with Gasteiger partial charge in [0.25, 0.3) is 0 Å². The lowest BCUT2D eigenvalue weighted by molar-refractivity contribution is 0.131. The van der Waals surface area contributed by atoms with Crippen LogP contribution in [0.5, 0.6) is 0 Å². The zero-order valence-electron chi connectivity index (χ0n) is 10.6. The van der Waals surface area contributed by atoms with Gasteiger partial charge in [0.2, 0.25) is 0 Å². The molecule has 1 fully saturated rings. The molecule has 1 heterocycles. The largest absolute Gasteiger partial charge is 0.388 e. The summed E-state index contributed by atoms with van der Waals surface area (Å²) in [7, 11) is 2.03. The summed E-state index contributed by atoms with van der Waals surface area (Å²) in [5, 5.41) is 0. The van der Waals surface area contributed by atoms with E-state index in [0.29, 0.717) is 10.7 Å². The Balaban J connectivity index is 1.81. The van der Waals surface area contributed by atoms with E-state index in [2.05, 4.69) is 9.88 Å². The van der Waals surface area contributed by atoms with Crippen molar-refractivity contribution in [2.24, 2.45) is 11.7 Å². The van der Waals surface area contributed by atoms with Crippen molar-refractivity contribution in [3.05, 3.63) is 24.0 Å². The molecule has 2 N–H and O–H groups in total. The molecule has 1 aromatic rings. The molecule has 1 aliphatic carbocycles. The summed E-state index contributed by atoms with van der Waals surface area (Å²) < 4.78 is 5.62. The third kappa shape index (κ3) is 3.92. The molecule has 0 bridgehead atoms. The van der Waals surface area contributed by atoms with Crippen molar-refractivity contribution in [3.8, 4) is 0 Å². The van der Waals surface area contributed by atoms with E-state index in [9.17, 15) is 0 Å². The van der Waals surface area contributed by atoms with Crippen molar-refractivity contribution in [2.75, 3.05) is 31.7 Å². The van der Waals surface area contributed by atoms with Crippen molar-refractivity contribution in [1.29, 1.82) is 0 Å². The smallest absolute Gasteiger partial charge is 0.122 e. The zero-order chi connectivity index (χ0) is 13.0. The number of pyridine rings is 1. The van der Waals surface area contributed by atoms with Gasteiger partial charge in [0.15, 0.2) is 0 Å². The second-order valence-corrected chi connectivity index (χ2v) is 5.14. The average molecular weight is 265 g/mol. The van der Waals surface area contributed by atoms with Gasteiger partial charge in [-0.2, -0.15) is 0 Å². The quantitative estimate of drug-likeness (QED) is 0.599. The lowest BCUT2D eigenvalue weighted by Crippen LogP contribution is -2.23. The Hall–Kier alpha value is -1.20. The van der Waals surface area contributed by atoms with Crippen LogP contribution in [0.3, 0.4) is 0 Å². The molecule has 2 rings (SSSR count). The molecule has 0 aliphatic heterocycles. The van der Waals surface area contributed by atoms with Crippen LogP contribution in [0.1, 0.15) is 18.5 Å². The van der Waals surface area contributed by atoms with Gasteiger partial charge in [0.1, 0.15) is 4.99 Å². The van der Waals surface area contributed by atoms with Crippen molar-refractivity contribution in [2.45, 2.75) is 12.8 Å². The van der Waals surface area contributed by atoms with Crippen LogP contribution in [0.25, 0.3) is 0 Å². The molecule has 1 aliphatic rings. The Bertz CT molecular complexity index is 420. The van der Waals surface area contributed by atoms with Crippen LogP contribution in [0.15, 0.2) is 18.3 Å². The number of nitrogens with two attached hydrogens (primary N) is 1. The number of anilines is 1. The topological polar surface area (TPSA) is 51.4 Å². The molecule has 98 valence electrons. The number of nitrogens with zero attached hydrogens (tertiary/aromatic N) is 2. The van der Waals surface area contributed by atoms with Gasteiger partial charge in [-0.1, -0.05) is 12.2 Å². The fraction of sp³-hybridized carbons (Fsp3) is 0.538. The summed E-state index contributed by atoms with van der Waals surface area (Å²) in [5.74, 6) is 0.817. The summed E-state index contributed by atoms with van der Waals surface area (Å²) in [6.45, 7) is 2.51. The molecule has 0 unspecified atom stereocenters. The molecule has 0 atom stereocenters. The minimum absolute atomic E-state index is 0.329. The maximum Gasteiger partial charge on any atom is 0.122 e. The SMILES string of the molecule is CN(CCOCC1CC1)c1ccnc(C(N)=S)c1. The van der Waals surface area contributed by atoms with Crippen LogP contribution >= 0.6 is 12.2 Å². The van der Waals surface area contributed by atoms with Crippen LogP contribution in [0.4, 0.5) is 5.69 Å². The summed E-state index contributed by atoms with van der Waals surface area (Å²) in [6.07, 6.45) is 4.39. The Morgan fingerprint density at radius 2 is 2.39 bits per heavy atom. The van der Waals surface area contributed by atoms with Crippen LogP contribution in [0, 0.1) is 5.92 Å². The molecule has 18 heavy (non-hydrogen) atoms. The fourth-order valence-electron chi connectivity index (χ4n) is 1.66. The third-order valence-corrected chi connectivity index (χ3v) is 3.27. The second-order valence-electron chi connectivity index (χ2n) is 4.70. The van der Waals surface area contributed by atoms with Crippen molar-refractivity contribution < 1.29 is 4.74 Å². The monoisotopic (exact) mass is 265 g/mol. The summed E-state index contributed by atoms with van der Waals surface area (Å²) >= 11 is 4.92. The predicted molar refractivity (Wildman–Crippen MR) is 76.9 cm³/mol. The molecule has 1 saturated carbocycles. The van der Waals surface area contributed by atoms with E-state index in [1.54, 1.807) is 6.20 Å². The number of likely N-dealkylation sites (N-methyl/N-ethyl adjacent to an activating group) is 1. The van der Waals surface area contributed by atoms with Crippen LogP contribution < -0.4 is 10.6 Å². The number of hydrogen-bond donors (Lipinski definition) is 1. The Kier molecular flexibility index (Phi) is 4.49. The molecule has 0 spiro atoms. The third-order valence-electron chi connectivity index (χ3n) is 3.06. The minimum atomic E-state index is 0.329. The molecule has 0 radical (unpaired) electrons. The van der Waals surface area contributed by atoms with Crippen molar-refractivity contribution >= 4 is 22.9 Å². The molecule has 1 aromatic heterocycles. The van der Waals surface area contributed by atoms with Crippen molar-refractivity contribution in [1.82, 2.24) is 4.98 Å². The van der Waals surface area contributed by atoms with Gasteiger partial charge in [-0.15, -0.1) is 0 Å². The first-order valence-corrected chi connectivity index (χ1v) is 6.62. The molecule has 0 aromatic carbocycles. The number of ether oxygens (including phenoxy) is 1. The Morgan fingerprint density at radius 1 is 1.61 bits per heavy atom. The molecular formula is C13H19N3OS. The molecule has 4 nitrogen and oxygen atoms in total. The van der Waals surface area contributed by atoms with Crippen LogP contribution in [-0.4, -0.2) is 36.8 Å². The molecule has 0 saturated heterocycles. The predicted octanol–water partition coefficient (Wildman–Crippen LogP) is 1.58. The average Bonchev–Trinajstić information content (AvgIpc) is 3.18. The highest BCUT2D eigenvalue weighted by molar-refractivity contribution is 7.80. The summed E-state index contributed by atoms with van der Waals surface area (Å²) in [5.41, 5.74) is 7.29. The number of hydrogen-bond acceptors (Lipinski definition) is 4. The van der Waals surface area contributed by atoms with Gasteiger partial charge >= 0.3 is 0 Å². The lowest BCUT2D eigenvalue weighted by Gasteiger charge is -2.19. The fourth-order valence-corrected chi connectivity index (χ4v) is 1.77. The molecular weight excluding hydrogens is 246 g/mol. The maximum absolute atomic E-state index is 5.62. The van der Waals surface area contributed by atoms with E-state index in [4.69, 9.17) is 22.7 Å². The van der Waals surface area contributed by atoms with E-state index < -0.39 is 0 Å². The lowest BCUT2D eigenvalue weighted by atomic mass is 10.3. The van der Waals surface area contributed by atoms with E-state index >= 15 is 0 Å². The van der Waals surface area contributed by atoms with Crippen molar-refractivity contribution in [3.63, 3.8) is 0 Å². The van der Waals surface area contributed by atoms with Gasteiger partial charge in [-0.25, -0.2) is 0 Å². The number of thiocarbonyl (C=S) groups is 1. The highest BCUT2D eigenvalue weighted by atomic mass is 32.1. The minimum Gasteiger partial charge on any atom is -0.388 e. The number of rotatable bonds is 7. The van der Waals surface area contributed by atoms with E-state index in [-0.39, 0.29) is 0 Å². The summed E-state index contributed by atoms with van der Waals surface area (Å²) in [6, 6.07) is 3.85. The van der Waals surface area contributed by atoms with E-state index in [0.717, 1.165) is 31.4 Å².